The number of likely N-dealkylation sites (tertiary alicyclic amines) is 1. The number of halogens is 2. The van der Waals surface area contributed by atoms with Gasteiger partial charge in [-0.15, -0.1) is 33.9 Å². The highest BCUT2D eigenvalue weighted by Gasteiger charge is 2.34. The van der Waals surface area contributed by atoms with Crippen LogP contribution in [0.15, 0.2) is 47.5 Å². The van der Waals surface area contributed by atoms with Crippen LogP contribution in [0.3, 0.4) is 0 Å². The second-order valence-corrected chi connectivity index (χ2v) is 13.7. The van der Waals surface area contributed by atoms with Gasteiger partial charge in [-0.1, -0.05) is 35.6 Å². The third-order valence-corrected chi connectivity index (χ3v) is 10.4. The van der Waals surface area contributed by atoms with Crippen molar-refractivity contribution in [3.63, 3.8) is 0 Å². The molecule has 2 aliphatic rings. The summed E-state index contributed by atoms with van der Waals surface area (Å²) in [5.41, 5.74) is 10.6. The number of nitrogens with two attached hydrogens (primary N) is 1. The van der Waals surface area contributed by atoms with Gasteiger partial charge in [-0.25, -0.2) is 4.79 Å². The molecule has 3 N–H and O–H groups in total. The van der Waals surface area contributed by atoms with Crippen LogP contribution in [0.4, 0.5) is 5.69 Å². The number of piperidine rings is 1. The number of hydrogen-bond donors (Lipinski definition) is 2. The molecule has 260 valence electrons. The molecular weight excluding hydrogens is 697 g/mol. The fourth-order valence-electron chi connectivity index (χ4n) is 6.22. The second-order valence-electron chi connectivity index (χ2n) is 12.0. The number of aliphatic imine (C=N–C) groups is 1. The van der Waals surface area contributed by atoms with Crippen molar-refractivity contribution in [1.29, 1.82) is 0 Å². The Morgan fingerprint density at radius 2 is 1.80 bits per heavy atom. The zero-order valence-corrected chi connectivity index (χ0v) is 30.5. The number of methoxy groups -OCH3 is 1. The molecule has 2 aliphatic heterocycles. The van der Waals surface area contributed by atoms with Gasteiger partial charge < -0.3 is 20.7 Å². The van der Waals surface area contributed by atoms with E-state index < -0.39 is 12.0 Å². The lowest BCUT2D eigenvalue weighted by molar-refractivity contribution is -0.134. The minimum atomic E-state index is -0.566. The molecule has 0 saturated carbocycles. The summed E-state index contributed by atoms with van der Waals surface area (Å²) < 4.78 is 6.88. The topological polar surface area (TPSA) is 145 Å². The lowest BCUT2D eigenvalue weighted by Gasteiger charge is -2.32. The summed E-state index contributed by atoms with van der Waals surface area (Å²) >= 11 is 7.90. The van der Waals surface area contributed by atoms with E-state index in [0.29, 0.717) is 53.6 Å². The molecule has 0 bridgehead atoms. The molecule has 2 amide bonds. The van der Waals surface area contributed by atoms with Gasteiger partial charge in [0.2, 0.25) is 11.8 Å². The summed E-state index contributed by atoms with van der Waals surface area (Å²) in [4.78, 5) is 47.5. The average Bonchev–Trinajstić information content (AvgIpc) is 3.58. The first-order valence-electron chi connectivity index (χ1n) is 16.0. The van der Waals surface area contributed by atoms with Gasteiger partial charge >= 0.3 is 5.97 Å². The number of hydrogen-bond acceptors (Lipinski definition) is 9. The zero-order valence-electron chi connectivity index (χ0n) is 28.1. The molecule has 11 nitrogen and oxygen atoms in total. The number of thiophene rings is 1. The van der Waals surface area contributed by atoms with Crippen molar-refractivity contribution in [3.8, 4) is 16.8 Å². The van der Waals surface area contributed by atoms with E-state index in [1.54, 1.807) is 34.4 Å². The first-order chi connectivity index (χ1) is 23.6. The Hall–Kier alpha value is -4.54. The number of carbonyl (C=O) groups excluding carboxylic acids is 3. The van der Waals surface area contributed by atoms with Gasteiger partial charge in [0.25, 0.3) is 0 Å². The highest BCUT2D eigenvalue weighted by atomic mass is 35.5. The Kier molecular flexibility index (Phi) is 11.4. The lowest BCUT2D eigenvalue weighted by atomic mass is 9.95. The third kappa shape index (κ3) is 7.32. The van der Waals surface area contributed by atoms with Crippen molar-refractivity contribution in [2.75, 3.05) is 32.1 Å². The molecule has 2 aromatic heterocycles. The second kappa shape index (κ2) is 15.6. The fraction of sp³-hybridized carbons (Fsp3) is 0.333. The van der Waals surface area contributed by atoms with Crippen LogP contribution >= 0.6 is 35.3 Å². The van der Waals surface area contributed by atoms with E-state index in [2.05, 4.69) is 41.2 Å². The zero-order chi connectivity index (χ0) is 34.8. The maximum Gasteiger partial charge on any atom is 0.339 e. The molecule has 4 aromatic rings. The van der Waals surface area contributed by atoms with Gasteiger partial charge in [0.15, 0.2) is 5.82 Å². The van der Waals surface area contributed by atoms with E-state index in [4.69, 9.17) is 27.1 Å². The van der Waals surface area contributed by atoms with Gasteiger partial charge in [-0.05, 0) is 69.5 Å². The molecular formula is C36H37Cl2N7O4S. The molecule has 1 atom stereocenters. The number of carbonyl (C=O) groups is 3. The summed E-state index contributed by atoms with van der Waals surface area (Å²) in [6.07, 6.45) is 1.12. The lowest BCUT2D eigenvalue weighted by Crippen LogP contribution is -2.41. The molecule has 0 aliphatic carbocycles. The van der Waals surface area contributed by atoms with Crippen LogP contribution in [0.2, 0.25) is 5.02 Å². The maximum atomic E-state index is 13.8. The fourth-order valence-corrected chi connectivity index (χ4v) is 7.56. The van der Waals surface area contributed by atoms with E-state index >= 15 is 0 Å². The number of benzene rings is 2. The molecule has 6 rings (SSSR count). The number of rotatable bonds is 6. The number of ether oxygens (including phenoxy) is 1. The molecule has 0 unspecified atom stereocenters. The smallest absolute Gasteiger partial charge is 0.339 e. The van der Waals surface area contributed by atoms with E-state index in [9.17, 15) is 14.4 Å². The largest absolute Gasteiger partial charge is 0.465 e. The van der Waals surface area contributed by atoms with Crippen molar-refractivity contribution in [3.05, 3.63) is 91.8 Å². The van der Waals surface area contributed by atoms with E-state index in [-0.39, 0.29) is 43.1 Å². The van der Waals surface area contributed by atoms with E-state index in [0.717, 1.165) is 33.2 Å². The predicted molar refractivity (Wildman–Crippen MR) is 197 cm³/mol. The summed E-state index contributed by atoms with van der Waals surface area (Å²) in [5.74, 6) is 5.94. The number of aryl methyl sites for hydroxylation is 2. The van der Waals surface area contributed by atoms with Crippen molar-refractivity contribution in [2.45, 2.75) is 46.1 Å². The summed E-state index contributed by atoms with van der Waals surface area (Å²) in [5, 5.41) is 13.5. The van der Waals surface area contributed by atoms with E-state index in [1.165, 1.54) is 12.0 Å². The quantitative estimate of drug-likeness (QED) is 0.194. The van der Waals surface area contributed by atoms with Gasteiger partial charge in [-0.2, -0.15) is 0 Å². The summed E-state index contributed by atoms with van der Waals surface area (Å²) in [6.45, 7) is 7.09. The number of fused-ring (bicyclic) bond motifs is 3. The highest BCUT2D eigenvalue weighted by Crippen LogP contribution is 2.40. The van der Waals surface area contributed by atoms with Crippen molar-refractivity contribution < 1.29 is 19.1 Å². The Morgan fingerprint density at radius 3 is 2.48 bits per heavy atom. The molecule has 0 spiro atoms. The molecule has 14 heteroatoms. The SMILES string of the molecule is COC(=O)c1ccc(NC(=O)C2CCN(C(=O)C[C@@H]3N=C(c4ccc(Cl)cc4)c4c(sc(C)c4C)-n4c(C)nnc43)CC2)cc1C#CCN.Cl. The summed E-state index contributed by atoms with van der Waals surface area (Å²) in [6, 6.07) is 11.9. The third-order valence-electron chi connectivity index (χ3n) is 8.96. The maximum absolute atomic E-state index is 13.8. The standard InChI is InChI=1S/C36H36ClN7O4S.ClH/c1-20-21(2)49-35-31(20)32(23-7-9-26(37)10-8-23)40-29(33-42-41-22(3)44(33)35)19-30(45)43-16-13-24(14-17-43)34(46)39-27-11-12-28(36(47)48-4)25(18-27)6-5-15-38;/h7-12,18,24,29H,13-17,19,38H2,1-4H3,(H,39,46);1H/t29-;/m0./s1. The summed E-state index contributed by atoms with van der Waals surface area (Å²) in [7, 11) is 1.30. The molecule has 0 radical (unpaired) electrons. The Morgan fingerprint density at radius 1 is 1.08 bits per heavy atom. The van der Waals surface area contributed by atoms with Crippen LogP contribution in [-0.4, -0.2) is 69.9 Å². The molecule has 1 saturated heterocycles. The van der Waals surface area contributed by atoms with Crippen molar-refractivity contribution >= 4 is 64.5 Å². The van der Waals surface area contributed by atoms with E-state index in [1.807, 2.05) is 35.8 Å². The number of aromatic nitrogens is 3. The number of nitrogens with zero attached hydrogens (tertiary/aromatic N) is 5. The van der Waals surface area contributed by atoms with Gasteiger partial charge in [0.05, 0.1) is 31.4 Å². The van der Waals surface area contributed by atoms with Crippen LogP contribution < -0.4 is 11.1 Å². The van der Waals surface area contributed by atoms with Crippen molar-refractivity contribution in [1.82, 2.24) is 19.7 Å². The number of amides is 2. The minimum absolute atomic E-state index is 0. The molecule has 1 fully saturated rings. The van der Waals surface area contributed by atoms with Crippen molar-refractivity contribution in [2.24, 2.45) is 16.6 Å². The average molecular weight is 735 g/mol. The predicted octanol–water partition coefficient (Wildman–Crippen LogP) is 5.59. The Labute approximate surface area is 305 Å². The first-order valence-corrected chi connectivity index (χ1v) is 17.1. The van der Waals surface area contributed by atoms with Gasteiger partial charge in [0, 0.05) is 51.3 Å². The molecule has 2 aromatic carbocycles. The normalized spacial score (nSPS) is 15.4. The minimum Gasteiger partial charge on any atom is -0.465 e. The number of nitrogens with one attached hydrogen (secondary N) is 1. The van der Waals surface area contributed by atoms with Gasteiger partial charge in [-0.3, -0.25) is 19.1 Å². The van der Waals surface area contributed by atoms with Crippen LogP contribution in [0.1, 0.15) is 74.4 Å². The first kappa shape index (κ1) is 36.7. The Bertz CT molecular complexity index is 2040. The number of anilines is 1. The van der Waals surface area contributed by atoms with Gasteiger partial charge in [0.1, 0.15) is 16.9 Å². The van der Waals surface area contributed by atoms with Crippen LogP contribution in [0.5, 0.6) is 0 Å². The highest BCUT2D eigenvalue weighted by molar-refractivity contribution is 7.15. The van der Waals surface area contributed by atoms with Crippen LogP contribution in [0, 0.1) is 38.5 Å². The molecule has 4 heterocycles. The van der Waals surface area contributed by atoms with Crippen LogP contribution in [0.25, 0.3) is 5.00 Å². The van der Waals surface area contributed by atoms with Crippen LogP contribution in [-0.2, 0) is 14.3 Å². The molecule has 50 heavy (non-hydrogen) atoms. The number of esters is 1. The monoisotopic (exact) mass is 733 g/mol. The Balaban J connectivity index is 0.00000486.